The smallest absolute Gasteiger partial charge is 0.240 e. The number of nitrogens with one attached hydrogen (secondary N) is 1. The van der Waals surface area contributed by atoms with Crippen molar-refractivity contribution in [3.63, 3.8) is 0 Å². The number of rotatable bonds is 4. The fourth-order valence-electron chi connectivity index (χ4n) is 2.45. The fraction of sp³-hybridized carbons (Fsp3) is 0.867. The van der Waals surface area contributed by atoms with Crippen LogP contribution >= 0.6 is 0 Å². The van der Waals surface area contributed by atoms with E-state index in [2.05, 4.69) is 17.1 Å². The van der Waals surface area contributed by atoms with Crippen LogP contribution in [0.15, 0.2) is 0 Å². The van der Waals surface area contributed by atoms with Crippen LogP contribution < -0.4 is 5.32 Å². The summed E-state index contributed by atoms with van der Waals surface area (Å²) in [5.41, 5.74) is -0.262. The zero-order valence-corrected chi connectivity index (χ0v) is 13.5. The second-order valence-corrected chi connectivity index (χ2v) is 6.86. The molecule has 5 heteroatoms. The van der Waals surface area contributed by atoms with Crippen molar-refractivity contribution < 1.29 is 9.59 Å². The SMILES string of the molecule is CC1CCCCN1CC(=O)N(C)CC(=O)NC(C)(C)C. The topological polar surface area (TPSA) is 52.7 Å². The minimum Gasteiger partial charge on any atom is -0.350 e. The van der Waals surface area contributed by atoms with Crippen LogP contribution in [-0.4, -0.2) is 59.9 Å². The molecule has 1 rings (SSSR count). The predicted molar refractivity (Wildman–Crippen MR) is 80.4 cm³/mol. The van der Waals surface area contributed by atoms with Crippen LogP contribution in [0.4, 0.5) is 0 Å². The van der Waals surface area contributed by atoms with E-state index in [4.69, 9.17) is 0 Å². The third kappa shape index (κ3) is 5.90. The van der Waals surface area contributed by atoms with Gasteiger partial charge in [-0.25, -0.2) is 0 Å². The number of carbonyl (C=O) groups is 2. The standard InChI is InChI=1S/C15H29N3O2/c1-12-8-6-7-9-18(12)11-14(20)17(5)10-13(19)16-15(2,3)4/h12H,6-11H2,1-5H3,(H,16,19). The fourth-order valence-corrected chi connectivity index (χ4v) is 2.45. The van der Waals surface area contributed by atoms with Gasteiger partial charge in [-0.2, -0.15) is 0 Å². The summed E-state index contributed by atoms with van der Waals surface area (Å²) in [4.78, 5) is 27.7. The Balaban J connectivity index is 2.40. The lowest BCUT2D eigenvalue weighted by atomic mass is 10.0. The second-order valence-electron chi connectivity index (χ2n) is 6.86. The van der Waals surface area contributed by atoms with E-state index in [1.807, 2.05) is 20.8 Å². The highest BCUT2D eigenvalue weighted by Crippen LogP contribution is 2.15. The van der Waals surface area contributed by atoms with Gasteiger partial charge in [0.2, 0.25) is 11.8 Å². The average Bonchev–Trinajstić information content (AvgIpc) is 2.29. The summed E-state index contributed by atoms with van der Waals surface area (Å²) in [5, 5.41) is 2.87. The number of carbonyl (C=O) groups excluding carboxylic acids is 2. The van der Waals surface area contributed by atoms with Gasteiger partial charge in [-0.15, -0.1) is 0 Å². The van der Waals surface area contributed by atoms with Crippen LogP contribution in [0.1, 0.15) is 47.0 Å². The lowest BCUT2D eigenvalue weighted by Gasteiger charge is -2.33. The lowest BCUT2D eigenvalue weighted by Crippen LogP contribution is -2.49. The molecule has 0 aromatic rings. The largest absolute Gasteiger partial charge is 0.350 e. The van der Waals surface area contributed by atoms with Crippen molar-refractivity contribution in [2.75, 3.05) is 26.7 Å². The molecule has 20 heavy (non-hydrogen) atoms. The summed E-state index contributed by atoms with van der Waals surface area (Å²) >= 11 is 0. The Morgan fingerprint density at radius 1 is 1.30 bits per heavy atom. The maximum atomic E-state index is 12.2. The summed E-state index contributed by atoms with van der Waals surface area (Å²) in [6.45, 7) is 9.48. The zero-order valence-electron chi connectivity index (χ0n) is 13.5. The van der Waals surface area contributed by atoms with Crippen molar-refractivity contribution in [3.8, 4) is 0 Å². The first-order chi connectivity index (χ1) is 9.19. The van der Waals surface area contributed by atoms with Crippen LogP contribution in [-0.2, 0) is 9.59 Å². The highest BCUT2D eigenvalue weighted by atomic mass is 16.2. The molecule has 0 saturated carbocycles. The number of piperidine rings is 1. The summed E-state index contributed by atoms with van der Waals surface area (Å²) < 4.78 is 0. The van der Waals surface area contributed by atoms with E-state index in [0.717, 1.165) is 19.4 Å². The minimum absolute atomic E-state index is 0.0165. The first kappa shape index (κ1) is 17.0. The second kappa shape index (κ2) is 7.07. The normalized spacial score (nSPS) is 20.6. The number of amides is 2. The summed E-state index contributed by atoms with van der Waals surface area (Å²) in [7, 11) is 1.69. The minimum atomic E-state index is -0.262. The highest BCUT2D eigenvalue weighted by Gasteiger charge is 2.23. The van der Waals surface area contributed by atoms with Crippen molar-refractivity contribution in [1.29, 1.82) is 0 Å². The molecular weight excluding hydrogens is 254 g/mol. The Bertz CT molecular complexity index is 350. The third-order valence-corrected chi connectivity index (χ3v) is 3.60. The summed E-state index contributed by atoms with van der Waals surface area (Å²) in [5.74, 6) is -0.0946. The molecule has 2 amide bonds. The van der Waals surface area contributed by atoms with E-state index in [1.54, 1.807) is 7.05 Å². The van der Waals surface area contributed by atoms with E-state index in [-0.39, 0.29) is 23.9 Å². The van der Waals surface area contributed by atoms with E-state index in [9.17, 15) is 9.59 Å². The molecule has 1 atom stereocenters. The Morgan fingerprint density at radius 2 is 1.95 bits per heavy atom. The van der Waals surface area contributed by atoms with Gasteiger partial charge in [0.15, 0.2) is 0 Å². The average molecular weight is 283 g/mol. The molecule has 0 aromatic heterocycles. The first-order valence-electron chi connectivity index (χ1n) is 7.48. The molecule has 1 aliphatic heterocycles. The van der Waals surface area contributed by atoms with Gasteiger partial charge < -0.3 is 10.2 Å². The molecule has 5 nitrogen and oxygen atoms in total. The van der Waals surface area contributed by atoms with Crippen LogP contribution in [0.2, 0.25) is 0 Å². The number of hydrogen-bond donors (Lipinski definition) is 1. The number of hydrogen-bond acceptors (Lipinski definition) is 3. The zero-order chi connectivity index (χ0) is 15.3. The Kier molecular flexibility index (Phi) is 5.99. The van der Waals surface area contributed by atoms with E-state index in [1.165, 1.54) is 11.3 Å². The number of nitrogens with zero attached hydrogens (tertiary/aromatic N) is 2. The monoisotopic (exact) mass is 283 g/mol. The molecule has 1 aliphatic rings. The maximum Gasteiger partial charge on any atom is 0.240 e. The quantitative estimate of drug-likeness (QED) is 0.844. The van der Waals surface area contributed by atoms with Gasteiger partial charge in [-0.3, -0.25) is 14.5 Å². The Morgan fingerprint density at radius 3 is 2.50 bits per heavy atom. The maximum absolute atomic E-state index is 12.2. The van der Waals surface area contributed by atoms with Gasteiger partial charge in [0.25, 0.3) is 0 Å². The molecule has 1 fully saturated rings. The molecular formula is C15H29N3O2. The van der Waals surface area contributed by atoms with Gasteiger partial charge in [0.05, 0.1) is 13.1 Å². The molecule has 0 aromatic carbocycles. The van der Waals surface area contributed by atoms with Gasteiger partial charge in [-0.05, 0) is 47.1 Å². The molecule has 1 unspecified atom stereocenters. The summed E-state index contributed by atoms with van der Waals surface area (Å²) in [6.07, 6.45) is 3.56. The van der Waals surface area contributed by atoms with Gasteiger partial charge >= 0.3 is 0 Å². The van der Waals surface area contributed by atoms with Crippen LogP contribution in [0, 0.1) is 0 Å². The molecule has 0 spiro atoms. The van der Waals surface area contributed by atoms with Gasteiger partial charge in [-0.1, -0.05) is 6.42 Å². The molecule has 0 aliphatic carbocycles. The molecule has 0 bridgehead atoms. The van der Waals surface area contributed by atoms with Crippen molar-refractivity contribution in [2.24, 2.45) is 0 Å². The number of likely N-dealkylation sites (tertiary alicyclic amines) is 1. The first-order valence-corrected chi connectivity index (χ1v) is 7.48. The van der Waals surface area contributed by atoms with Crippen molar-refractivity contribution in [2.45, 2.75) is 58.5 Å². The van der Waals surface area contributed by atoms with Crippen molar-refractivity contribution in [1.82, 2.24) is 15.1 Å². The third-order valence-electron chi connectivity index (χ3n) is 3.60. The Hall–Kier alpha value is -1.10. The van der Waals surface area contributed by atoms with Crippen molar-refractivity contribution in [3.05, 3.63) is 0 Å². The van der Waals surface area contributed by atoms with E-state index >= 15 is 0 Å². The number of likely N-dealkylation sites (N-methyl/N-ethyl adjacent to an activating group) is 1. The Labute approximate surface area is 122 Å². The highest BCUT2D eigenvalue weighted by molar-refractivity contribution is 5.85. The molecule has 116 valence electrons. The molecule has 0 radical (unpaired) electrons. The van der Waals surface area contributed by atoms with Crippen LogP contribution in [0.25, 0.3) is 0 Å². The predicted octanol–water partition coefficient (Wildman–Crippen LogP) is 1.23. The van der Waals surface area contributed by atoms with Crippen LogP contribution in [0.3, 0.4) is 0 Å². The van der Waals surface area contributed by atoms with E-state index in [0.29, 0.717) is 12.6 Å². The van der Waals surface area contributed by atoms with Crippen LogP contribution in [0.5, 0.6) is 0 Å². The van der Waals surface area contributed by atoms with E-state index < -0.39 is 0 Å². The van der Waals surface area contributed by atoms with Crippen molar-refractivity contribution >= 4 is 11.8 Å². The van der Waals surface area contributed by atoms with Gasteiger partial charge in [0.1, 0.15) is 0 Å². The molecule has 1 N–H and O–H groups in total. The van der Waals surface area contributed by atoms with Gasteiger partial charge in [0, 0.05) is 18.6 Å². The molecule has 1 heterocycles. The molecule has 1 saturated heterocycles. The lowest BCUT2D eigenvalue weighted by molar-refractivity contribution is -0.136. The summed E-state index contributed by atoms with van der Waals surface area (Å²) in [6, 6.07) is 0.463.